The smallest absolute Gasteiger partial charge is 0.241 e. The van der Waals surface area contributed by atoms with Gasteiger partial charge in [0.1, 0.15) is 6.04 Å². The second-order valence-corrected chi connectivity index (χ2v) is 4.25. The first kappa shape index (κ1) is 13.7. The number of hydrogen-bond donors (Lipinski definition) is 3. The van der Waals surface area contributed by atoms with E-state index in [1.54, 1.807) is 0 Å². The van der Waals surface area contributed by atoms with Gasteiger partial charge in [0, 0.05) is 13.2 Å². The van der Waals surface area contributed by atoms with Crippen molar-refractivity contribution in [3.8, 4) is 0 Å². The van der Waals surface area contributed by atoms with Crippen LogP contribution in [0.5, 0.6) is 0 Å². The van der Waals surface area contributed by atoms with Crippen molar-refractivity contribution >= 4 is 5.91 Å². The molecule has 0 fully saturated rings. The highest BCUT2D eigenvalue weighted by Crippen LogP contribution is 2.09. The minimum Gasteiger partial charge on any atom is -0.396 e. The van der Waals surface area contributed by atoms with Crippen molar-refractivity contribution in [3.63, 3.8) is 0 Å². The van der Waals surface area contributed by atoms with Crippen LogP contribution >= 0.6 is 0 Å². The van der Waals surface area contributed by atoms with E-state index in [0.29, 0.717) is 13.0 Å². The maximum Gasteiger partial charge on any atom is 0.241 e. The Labute approximate surface area is 102 Å². The van der Waals surface area contributed by atoms with E-state index in [1.807, 2.05) is 37.3 Å². The Morgan fingerprint density at radius 2 is 2.06 bits per heavy atom. The third-order valence-electron chi connectivity index (χ3n) is 2.69. The van der Waals surface area contributed by atoms with Crippen LogP contribution in [-0.2, 0) is 4.79 Å². The van der Waals surface area contributed by atoms with Gasteiger partial charge in [0.25, 0.3) is 0 Å². The van der Waals surface area contributed by atoms with Crippen LogP contribution < -0.4 is 11.1 Å². The molecular formula is C13H20N2O2. The van der Waals surface area contributed by atoms with E-state index >= 15 is 0 Å². The number of amides is 1. The summed E-state index contributed by atoms with van der Waals surface area (Å²) in [6.07, 6.45) is 0.681. The summed E-state index contributed by atoms with van der Waals surface area (Å²) in [7, 11) is 0. The first-order valence-corrected chi connectivity index (χ1v) is 5.84. The quantitative estimate of drug-likeness (QED) is 0.684. The molecule has 0 saturated carbocycles. The molecule has 4 nitrogen and oxygen atoms in total. The fraction of sp³-hybridized carbons (Fsp3) is 0.462. The lowest BCUT2D eigenvalue weighted by Gasteiger charge is -2.15. The van der Waals surface area contributed by atoms with Gasteiger partial charge in [0.15, 0.2) is 0 Å². The molecule has 1 rings (SSSR count). The van der Waals surface area contributed by atoms with Gasteiger partial charge in [-0.2, -0.15) is 0 Å². The Hall–Kier alpha value is -1.39. The zero-order chi connectivity index (χ0) is 12.7. The molecule has 4 N–H and O–H groups in total. The van der Waals surface area contributed by atoms with Crippen LogP contribution in [-0.4, -0.2) is 24.2 Å². The Kier molecular flexibility index (Phi) is 5.66. The lowest BCUT2D eigenvalue weighted by molar-refractivity contribution is -0.122. The van der Waals surface area contributed by atoms with Crippen molar-refractivity contribution in [2.45, 2.75) is 19.4 Å². The number of aliphatic hydroxyl groups excluding tert-OH is 1. The highest BCUT2D eigenvalue weighted by molar-refractivity contribution is 5.82. The van der Waals surface area contributed by atoms with E-state index in [-0.39, 0.29) is 18.4 Å². The van der Waals surface area contributed by atoms with Gasteiger partial charge in [-0.25, -0.2) is 0 Å². The van der Waals surface area contributed by atoms with Crippen LogP contribution in [0.1, 0.15) is 24.9 Å². The van der Waals surface area contributed by atoms with Gasteiger partial charge in [0.2, 0.25) is 5.91 Å². The molecule has 1 amide bonds. The first-order valence-electron chi connectivity index (χ1n) is 5.84. The van der Waals surface area contributed by atoms with Crippen LogP contribution in [0.15, 0.2) is 30.3 Å². The lowest BCUT2D eigenvalue weighted by Crippen LogP contribution is -2.36. The number of benzene rings is 1. The van der Waals surface area contributed by atoms with Gasteiger partial charge in [-0.05, 0) is 17.9 Å². The van der Waals surface area contributed by atoms with Crippen molar-refractivity contribution in [2.75, 3.05) is 13.2 Å². The fourth-order valence-electron chi connectivity index (χ4n) is 1.52. The first-order chi connectivity index (χ1) is 8.15. The average molecular weight is 236 g/mol. The number of nitrogens with one attached hydrogen (secondary N) is 1. The van der Waals surface area contributed by atoms with Crippen molar-refractivity contribution in [2.24, 2.45) is 11.7 Å². The SMILES string of the molecule is CC(CCO)CNC(=O)[C@H](N)c1ccccc1. The van der Waals surface area contributed by atoms with Crippen molar-refractivity contribution in [1.82, 2.24) is 5.32 Å². The van der Waals surface area contributed by atoms with E-state index in [4.69, 9.17) is 10.8 Å². The average Bonchev–Trinajstić information content (AvgIpc) is 2.36. The molecule has 17 heavy (non-hydrogen) atoms. The summed E-state index contributed by atoms with van der Waals surface area (Å²) in [5.74, 6) is 0.0768. The molecule has 0 aromatic heterocycles. The predicted octanol–water partition coefficient (Wildman–Crippen LogP) is 0.821. The van der Waals surface area contributed by atoms with Crippen LogP contribution in [0.2, 0.25) is 0 Å². The minimum absolute atomic E-state index is 0.141. The molecular weight excluding hydrogens is 216 g/mol. The minimum atomic E-state index is -0.627. The lowest BCUT2D eigenvalue weighted by atomic mass is 10.1. The number of carbonyl (C=O) groups is 1. The van der Waals surface area contributed by atoms with E-state index in [9.17, 15) is 4.79 Å². The van der Waals surface area contributed by atoms with E-state index in [2.05, 4.69) is 5.32 Å². The molecule has 0 spiro atoms. The molecule has 0 heterocycles. The molecule has 0 aliphatic carbocycles. The van der Waals surface area contributed by atoms with Crippen LogP contribution in [0.25, 0.3) is 0 Å². The maximum absolute atomic E-state index is 11.8. The van der Waals surface area contributed by atoms with Crippen LogP contribution in [0, 0.1) is 5.92 Å². The zero-order valence-electron chi connectivity index (χ0n) is 10.1. The van der Waals surface area contributed by atoms with E-state index in [1.165, 1.54) is 0 Å². The third kappa shape index (κ3) is 4.54. The third-order valence-corrected chi connectivity index (χ3v) is 2.69. The Balaban J connectivity index is 2.43. The second kappa shape index (κ2) is 7.04. The largest absolute Gasteiger partial charge is 0.396 e. The van der Waals surface area contributed by atoms with Gasteiger partial charge in [-0.3, -0.25) is 4.79 Å². The molecule has 1 aromatic carbocycles. The Morgan fingerprint density at radius 3 is 2.65 bits per heavy atom. The van der Waals surface area contributed by atoms with Gasteiger partial charge < -0.3 is 16.2 Å². The summed E-state index contributed by atoms with van der Waals surface area (Å²) >= 11 is 0. The molecule has 0 aliphatic rings. The molecule has 94 valence electrons. The topological polar surface area (TPSA) is 75.3 Å². The molecule has 2 atom stereocenters. The summed E-state index contributed by atoms with van der Waals surface area (Å²) in [4.78, 5) is 11.8. The summed E-state index contributed by atoms with van der Waals surface area (Å²) < 4.78 is 0. The van der Waals surface area contributed by atoms with Gasteiger partial charge in [0.05, 0.1) is 0 Å². The summed E-state index contributed by atoms with van der Waals surface area (Å²) in [5, 5.41) is 11.5. The number of rotatable bonds is 6. The van der Waals surface area contributed by atoms with Crippen molar-refractivity contribution in [1.29, 1.82) is 0 Å². The summed E-state index contributed by atoms with van der Waals surface area (Å²) in [6, 6.07) is 8.64. The standard InChI is InChI=1S/C13H20N2O2/c1-10(7-8-16)9-15-13(17)12(14)11-5-3-2-4-6-11/h2-6,10,12,16H,7-9,14H2,1H3,(H,15,17)/t10?,12-/m1/s1. The van der Waals surface area contributed by atoms with Gasteiger partial charge in [-0.1, -0.05) is 37.3 Å². The van der Waals surface area contributed by atoms with E-state index < -0.39 is 6.04 Å². The normalized spacial score (nSPS) is 14.1. The van der Waals surface area contributed by atoms with Crippen LogP contribution in [0.3, 0.4) is 0 Å². The monoisotopic (exact) mass is 236 g/mol. The molecule has 1 aromatic rings. The number of hydrogen-bond acceptors (Lipinski definition) is 3. The maximum atomic E-state index is 11.8. The van der Waals surface area contributed by atoms with Crippen molar-refractivity contribution < 1.29 is 9.90 Å². The molecule has 4 heteroatoms. The number of carbonyl (C=O) groups excluding carboxylic acids is 1. The molecule has 0 saturated heterocycles. The number of nitrogens with two attached hydrogens (primary N) is 1. The van der Waals surface area contributed by atoms with Gasteiger partial charge in [-0.15, -0.1) is 0 Å². The summed E-state index contributed by atoms with van der Waals surface area (Å²) in [5.41, 5.74) is 6.64. The van der Waals surface area contributed by atoms with Gasteiger partial charge >= 0.3 is 0 Å². The van der Waals surface area contributed by atoms with Crippen molar-refractivity contribution in [3.05, 3.63) is 35.9 Å². The molecule has 0 bridgehead atoms. The highest BCUT2D eigenvalue weighted by atomic mass is 16.3. The van der Waals surface area contributed by atoms with Crippen LogP contribution in [0.4, 0.5) is 0 Å². The second-order valence-electron chi connectivity index (χ2n) is 4.25. The Bertz CT molecular complexity index is 341. The van der Waals surface area contributed by atoms with E-state index in [0.717, 1.165) is 5.56 Å². The Morgan fingerprint density at radius 1 is 1.41 bits per heavy atom. The number of aliphatic hydroxyl groups is 1. The highest BCUT2D eigenvalue weighted by Gasteiger charge is 2.15. The fourth-order valence-corrected chi connectivity index (χ4v) is 1.52. The summed E-state index contributed by atoms with van der Waals surface area (Å²) in [6.45, 7) is 2.66. The molecule has 0 aliphatic heterocycles. The molecule has 1 unspecified atom stereocenters. The molecule has 0 radical (unpaired) electrons. The zero-order valence-corrected chi connectivity index (χ0v) is 10.1. The predicted molar refractivity (Wildman–Crippen MR) is 67.2 cm³/mol.